The van der Waals surface area contributed by atoms with Gasteiger partial charge in [0.2, 0.25) is 5.91 Å². The Morgan fingerprint density at radius 3 is 2.64 bits per heavy atom. The SMILES string of the molecule is O=C(CCCN1C(=O)/C(=C/c2ccc(Br)cc2)SC1=S)Nc1ccccc1Cl. The maximum atomic E-state index is 12.6. The Hall–Kier alpha value is -1.67. The molecule has 0 saturated carbocycles. The standard InChI is InChI=1S/C20H16BrClN2O2S2/c21-14-9-7-13(8-10-14)12-17-19(26)24(20(27)28-17)11-3-6-18(25)23-16-5-2-1-4-15(16)22/h1-2,4-5,7-10,12H,3,6,11H2,(H,23,25)/b17-12-. The Balaban J connectivity index is 1.54. The van der Waals surface area contributed by atoms with Gasteiger partial charge in [0.25, 0.3) is 5.91 Å². The van der Waals surface area contributed by atoms with E-state index in [9.17, 15) is 9.59 Å². The number of hydrogen-bond donors (Lipinski definition) is 1. The first-order chi connectivity index (χ1) is 13.4. The first-order valence-electron chi connectivity index (χ1n) is 8.49. The zero-order valence-corrected chi connectivity index (χ0v) is 18.6. The van der Waals surface area contributed by atoms with Gasteiger partial charge in [0.05, 0.1) is 15.6 Å². The van der Waals surface area contributed by atoms with Crippen LogP contribution in [-0.4, -0.2) is 27.6 Å². The van der Waals surface area contributed by atoms with E-state index >= 15 is 0 Å². The molecule has 8 heteroatoms. The molecule has 1 aliphatic rings. The van der Waals surface area contributed by atoms with Gasteiger partial charge in [-0.1, -0.05) is 75.8 Å². The summed E-state index contributed by atoms with van der Waals surface area (Å²) in [5.74, 6) is -0.270. The number of thiocarbonyl (C=S) groups is 1. The molecule has 1 fully saturated rings. The van der Waals surface area contributed by atoms with Crippen molar-refractivity contribution in [2.75, 3.05) is 11.9 Å². The van der Waals surface area contributed by atoms with Gasteiger partial charge in [-0.05, 0) is 42.3 Å². The maximum Gasteiger partial charge on any atom is 0.266 e. The molecule has 3 rings (SSSR count). The van der Waals surface area contributed by atoms with Crippen LogP contribution in [0.5, 0.6) is 0 Å². The number of rotatable bonds is 6. The zero-order chi connectivity index (χ0) is 20.1. The van der Waals surface area contributed by atoms with E-state index in [2.05, 4.69) is 21.2 Å². The highest BCUT2D eigenvalue weighted by atomic mass is 79.9. The lowest BCUT2D eigenvalue weighted by atomic mass is 10.2. The Kier molecular flexibility index (Phi) is 7.29. The van der Waals surface area contributed by atoms with E-state index in [1.807, 2.05) is 30.3 Å². The third-order valence-electron chi connectivity index (χ3n) is 3.97. The molecule has 2 aromatic rings. The van der Waals surface area contributed by atoms with Crippen molar-refractivity contribution in [1.82, 2.24) is 4.90 Å². The second-order valence-electron chi connectivity index (χ2n) is 6.02. The third kappa shape index (κ3) is 5.44. The Morgan fingerprint density at radius 1 is 1.21 bits per heavy atom. The zero-order valence-electron chi connectivity index (χ0n) is 14.7. The highest BCUT2D eigenvalue weighted by Crippen LogP contribution is 2.33. The van der Waals surface area contributed by atoms with Crippen LogP contribution in [0.2, 0.25) is 5.02 Å². The van der Waals surface area contributed by atoms with Crippen LogP contribution in [0, 0.1) is 0 Å². The Labute approximate surface area is 186 Å². The lowest BCUT2D eigenvalue weighted by Gasteiger charge is -2.14. The van der Waals surface area contributed by atoms with E-state index in [4.69, 9.17) is 23.8 Å². The van der Waals surface area contributed by atoms with Crippen LogP contribution in [0.15, 0.2) is 57.9 Å². The van der Waals surface area contributed by atoms with Crippen LogP contribution in [0.25, 0.3) is 6.08 Å². The molecule has 0 radical (unpaired) electrons. The fourth-order valence-corrected chi connectivity index (χ4v) is 4.33. The molecule has 1 aliphatic heterocycles. The van der Waals surface area contributed by atoms with Crippen molar-refractivity contribution in [2.45, 2.75) is 12.8 Å². The van der Waals surface area contributed by atoms with Crippen molar-refractivity contribution in [3.63, 3.8) is 0 Å². The van der Waals surface area contributed by atoms with Crippen LogP contribution < -0.4 is 5.32 Å². The van der Waals surface area contributed by atoms with Gasteiger partial charge in [-0.25, -0.2) is 0 Å². The second-order valence-corrected chi connectivity index (χ2v) is 9.02. The molecule has 0 unspecified atom stereocenters. The van der Waals surface area contributed by atoms with E-state index in [1.165, 1.54) is 11.8 Å². The predicted octanol–water partition coefficient (Wildman–Crippen LogP) is 5.72. The molecule has 1 heterocycles. The lowest BCUT2D eigenvalue weighted by molar-refractivity contribution is -0.122. The number of anilines is 1. The quantitative estimate of drug-likeness (QED) is 0.411. The summed E-state index contributed by atoms with van der Waals surface area (Å²) in [6, 6.07) is 14.8. The average Bonchev–Trinajstić information content (AvgIpc) is 2.93. The van der Waals surface area contributed by atoms with Crippen molar-refractivity contribution in [3.8, 4) is 0 Å². The molecule has 2 amide bonds. The van der Waals surface area contributed by atoms with Crippen LogP contribution in [0.3, 0.4) is 0 Å². The van der Waals surface area contributed by atoms with Gasteiger partial charge in [-0.2, -0.15) is 0 Å². The van der Waals surface area contributed by atoms with Crippen molar-refractivity contribution < 1.29 is 9.59 Å². The number of nitrogens with one attached hydrogen (secondary N) is 1. The summed E-state index contributed by atoms with van der Waals surface area (Å²) in [6.07, 6.45) is 2.61. The fourth-order valence-electron chi connectivity index (χ4n) is 2.58. The predicted molar refractivity (Wildman–Crippen MR) is 123 cm³/mol. The van der Waals surface area contributed by atoms with Crippen LogP contribution in [-0.2, 0) is 9.59 Å². The minimum atomic E-state index is -0.149. The summed E-state index contributed by atoms with van der Waals surface area (Å²) in [5, 5.41) is 3.27. The Bertz CT molecular complexity index is 947. The molecule has 0 bridgehead atoms. The minimum absolute atomic E-state index is 0.121. The molecular formula is C20H16BrClN2O2S2. The van der Waals surface area contributed by atoms with Crippen molar-refractivity contribution >= 4 is 79.4 Å². The van der Waals surface area contributed by atoms with Crippen LogP contribution >= 0.6 is 51.5 Å². The van der Waals surface area contributed by atoms with Gasteiger partial charge in [0, 0.05) is 17.4 Å². The number of hydrogen-bond acceptors (Lipinski definition) is 4. The summed E-state index contributed by atoms with van der Waals surface area (Å²) < 4.78 is 1.49. The molecular weight excluding hydrogens is 480 g/mol. The molecule has 0 spiro atoms. The lowest BCUT2D eigenvalue weighted by Crippen LogP contribution is -2.29. The van der Waals surface area contributed by atoms with Crippen LogP contribution in [0.4, 0.5) is 5.69 Å². The minimum Gasteiger partial charge on any atom is -0.325 e. The number of carbonyl (C=O) groups is 2. The molecule has 4 nitrogen and oxygen atoms in total. The topological polar surface area (TPSA) is 49.4 Å². The maximum absolute atomic E-state index is 12.6. The smallest absolute Gasteiger partial charge is 0.266 e. The number of benzene rings is 2. The summed E-state index contributed by atoms with van der Waals surface area (Å²) >= 11 is 16.0. The van der Waals surface area contributed by atoms with E-state index in [0.717, 1.165) is 10.0 Å². The van der Waals surface area contributed by atoms with E-state index in [0.29, 0.717) is 32.9 Å². The number of amides is 2. The first-order valence-corrected chi connectivity index (χ1v) is 10.9. The molecule has 144 valence electrons. The van der Waals surface area contributed by atoms with Crippen molar-refractivity contribution in [1.29, 1.82) is 0 Å². The highest BCUT2D eigenvalue weighted by Gasteiger charge is 2.31. The molecule has 1 saturated heterocycles. The van der Waals surface area contributed by atoms with Gasteiger partial charge in [0.1, 0.15) is 4.32 Å². The number of para-hydroxylation sites is 1. The van der Waals surface area contributed by atoms with Crippen LogP contribution in [0.1, 0.15) is 18.4 Å². The van der Waals surface area contributed by atoms with Gasteiger partial charge < -0.3 is 5.32 Å². The van der Waals surface area contributed by atoms with Crippen molar-refractivity contribution in [2.24, 2.45) is 0 Å². The average molecular weight is 496 g/mol. The van der Waals surface area contributed by atoms with Gasteiger partial charge >= 0.3 is 0 Å². The second kappa shape index (κ2) is 9.69. The van der Waals surface area contributed by atoms with Crippen molar-refractivity contribution in [3.05, 3.63) is 68.5 Å². The van der Waals surface area contributed by atoms with E-state index in [1.54, 1.807) is 29.2 Å². The monoisotopic (exact) mass is 494 g/mol. The number of thioether (sulfide) groups is 1. The van der Waals surface area contributed by atoms with E-state index in [-0.39, 0.29) is 18.2 Å². The summed E-state index contributed by atoms with van der Waals surface area (Å²) in [5.41, 5.74) is 1.51. The Morgan fingerprint density at radius 2 is 1.93 bits per heavy atom. The molecule has 2 aromatic carbocycles. The number of halogens is 2. The molecule has 0 atom stereocenters. The first kappa shape index (κ1) is 21.0. The summed E-state index contributed by atoms with van der Waals surface area (Å²) in [7, 11) is 0. The third-order valence-corrected chi connectivity index (χ3v) is 6.21. The largest absolute Gasteiger partial charge is 0.325 e. The summed E-state index contributed by atoms with van der Waals surface area (Å²) in [4.78, 5) is 26.9. The highest BCUT2D eigenvalue weighted by molar-refractivity contribution is 9.10. The molecule has 28 heavy (non-hydrogen) atoms. The molecule has 0 aliphatic carbocycles. The molecule has 0 aromatic heterocycles. The van der Waals surface area contributed by atoms with Gasteiger partial charge in [0.15, 0.2) is 0 Å². The van der Waals surface area contributed by atoms with E-state index < -0.39 is 0 Å². The fraction of sp³-hybridized carbons (Fsp3) is 0.150. The normalized spacial score (nSPS) is 15.4. The van der Waals surface area contributed by atoms with Gasteiger partial charge in [-0.3, -0.25) is 14.5 Å². The number of carbonyl (C=O) groups excluding carboxylic acids is 2. The summed E-state index contributed by atoms with van der Waals surface area (Å²) in [6.45, 7) is 0.401. The van der Waals surface area contributed by atoms with Gasteiger partial charge in [-0.15, -0.1) is 0 Å². The number of nitrogens with zero attached hydrogens (tertiary/aromatic N) is 1. The molecule has 1 N–H and O–H groups in total.